The molecule has 105 heavy (non-hydrogen) atoms. The third-order valence-corrected chi connectivity index (χ3v) is 27.4. The summed E-state index contributed by atoms with van der Waals surface area (Å²) in [5.74, 6) is 0. The minimum atomic E-state index is -0.0477. The fourth-order valence-electron chi connectivity index (χ4n) is 19.2. The van der Waals surface area contributed by atoms with E-state index in [1.165, 1.54) is 210 Å². The van der Waals surface area contributed by atoms with Crippen molar-refractivity contribution < 1.29 is 0 Å². The van der Waals surface area contributed by atoms with Gasteiger partial charge in [-0.25, -0.2) is 0 Å². The van der Waals surface area contributed by atoms with E-state index in [1.54, 1.807) is 0 Å². The Hall–Kier alpha value is -11.6. The number of hydrogen-bond donors (Lipinski definition) is 0. The average Bonchev–Trinajstić information content (AvgIpc) is 1.55. The molecule has 0 spiro atoms. The first-order valence-electron chi connectivity index (χ1n) is 36.6. The highest BCUT2D eigenvalue weighted by Crippen LogP contribution is 2.57. The van der Waals surface area contributed by atoms with Crippen molar-refractivity contribution in [3.63, 3.8) is 0 Å². The quantitative estimate of drug-likeness (QED) is 0.167. The van der Waals surface area contributed by atoms with Gasteiger partial charge in [0.25, 0.3) is 0 Å². The summed E-state index contributed by atoms with van der Waals surface area (Å²) in [7, 11) is 0. The number of hydrogen-bond acceptors (Lipinski definition) is 3. The third-order valence-electron chi connectivity index (χ3n) is 24.0. The lowest BCUT2D eigenvalue weighted by atomic mass is 9.80. The Morgan fingerprint density at radius 3 is 1.10 bits per heavy atom. The lowest BCUT2D eigenvalue weighted by Gasteiger charge is -2.22. The molecule has 0 radical (unpaired) electrons. The van der Waals surface area contributed by atoms with Crippen LogP contribution >= 0.6 is 34.0 Å². The van der Waals surface area contributed by atoms with Crippen LogP contribution in [0.15, 0.2) is 309 Å². The maximum atomic E-state index is 2.51. The van der Waals surface area contributed by atoms with Gasteiger partial charge in [0.1, 0.15) is 0 Å². The molecule has 0 saturated carbocycles. The summed E-state index contributed by atoms with van der Waals surface area (Å²) in [6.45, 7) is 14.2. The zero-order chi connectivity index (χ0) is 69.9. The molecule has 0 saturated heterocycles. The van der Waals surface area contributed by atoms with E-state index in [0.717, 1.165) is 0 Å². The van der Waals surface area contributed by atoms with Gasteiger partial charge >= 0.3 is 0 Å². The van der Waals surface area contributed by atoms with Crippen LogP contribution in [0, 0.1) is 0 Å². The van der Waals surface area contributed by atoms with Crippen LogP contribution in [0.3, 0.4) is 0 Å². The van der Waals surface area contributed by atoms with Gasteiger partial charge in [-0.05, 0) is 164 Å². The SMILES string of the molecule is CC1(C)c2ccccc2-c2c1ccc1c2c2ccccc2n1-c1ccc2sc3ccccc3c2c1.CC1(C)c2ccccc2-c2c1ccc1c3ccccc3n(-c3ccc4sc5ccccc5c4c3)c21.CC1(C)c2ccccc2-c2ccc3c(c21)c1ccccc1n3-c1ccc2sc3ccccc3c2c1. The molecule has 3 aliphatic rings. The summed E-state index contributed by atoms with van der Waals surface area (Å²) in [5.41, 5.74) is 28.1. The van der Waals surface area contributed by atoms with Crippen LogP contribution in [0.25, 0.3) is 176 Å². The largest absolute Gasteiger partial charge is 0.309 e. The summed E-state index contributed by atoms with van der Waals surface area (Å²) in [6, 6.07) is 115. The fourth-order valence-corrected chi connectivity index (χ4v) is 22.5. The van der Waals surface area contributed by atoms with Crippen LogP contribution in [0.1, 0.15) is 74.9 Å². The number of benzene rings is 15. The molecule has 6 aromatic heterocycles. The Labute approximate surface area is 620 Å². The van der Waals surface area contributed by atoms with E-state index in [2.05, 4.69) is 365 Å². The normalized spacial score (nSPS) is 14.2. The standard InChI is InChI=1S/3C33H23NS/c1-33(2)25-12-6-3-10-22(25)31-26(33)16-17-28-32(31)23-11-4-7-13-27(23)34(28)20-15-18-30-24(19-20)21-9-5-8-14-29(21)35-30;1-33(2)26-12-6-3-11-24(26)31-27(33)17-16-23-21-9-4-7-13-28(21)34(32(23)31)20-15-18-30-25(19-20)22-10-5-8-14-29(22)35-30;1-33(2)26-12-6-3-9-21(26)23-16-17-28-31(32(23)33)24-11-4-7-13-27(24)34(28)20-15-18-30-25(19-20)22-10-5-8-14-29(22)35-30/h3*3-19H,1-2H3. The van der Waals surface area contributed by atoms with E-state index >= 15 is 0 Å². The van der Waals surface area contributed by atoms with Gasteiger partial charge in [0.15, 0.2) is 0 Å². The second-order valence-corrected chi connectivity index (χ2v) is 33.8. The number of aromatic nitrogens is 3. The van der Waals surface area contributed by atoms with Gasteiger partial charge in [0.05, 0.1) is 33.1 Å². The van der Waals surface area contributed by atoms with Gasteiger partial charge in [-0.2, -0.15) is 0 Å². The highest BCUT2D eigenvalue weighted by molar-refractivity contribution is 7.26. The van der Waals surface area contributed by atoms with E-state index < -0.39 is 0 Å². The Morgan fingerprint density at radius 1 is 0.219 bits per heavy atom. The van der Waals surface area contributed by atoms with Crippen molar-refractivity contribution in [1.29, 1.82) is 0 Å². The lowest BCUT2D eigenvalue weighted by molar-refractivity contribution is 0.660. The molecule has 0 aliphatic heterocycles. The molecule has 498 valence electrons. The first-order chi connectivity index (χ1) is 51.4. The second kappa shape index (κ2) is 22.2. The zero-order valence-corrected chi connectivity index (χ0v) is 61.5. The Bertz CT molecular complexity index is 7320. The van der Waals surface area contributed by atoms with Crippen LogP contribution in [0.4, 0.5) is 0 Å². The van der Waals surface area contributed by atoms with Crippen LogP contribution in [-0.2, 0) is 16.2 Å². The van der Waals surface area contributed by atoms with Crippen molar-refractivity contribution in [2.24, 2.45) is 0 Å². The molecule has 3 nitrogen and oxygen atoms in total. The predicted molar refractivity (Wildman–Crippen MR) is 454 cm³/mol. The minimum Gasteiger partial charge on any atom is -0.309 e. The van der Waals surface area contributed by atoms with Gasteiger partial charge in [0.2, 0.25) is 0 Å². The first kappa shape index (κ1) is 60.9. The molecule has 24 rings (SSSR count). The molecular formula is C99H69N3S3. The van der Waals surface area contributed by atoms with Crippen molar-refractivity contribution in [3.8, 4) is 50.4 Å². The molecule has 6 heterocycles. The molecule has 21 aromatic rings. The molecule has 0 fully saturated rings. The summed E-state index contributed by atoms with van der Waals surface area (Å²) in [6.07, 6.45) is 0. The van der Waals surface area contributed by atoms with E-state index in [0.29, 0.717) is 0 Å². The topological polar surface area (TPSA) is 14.8 Å². The predicted octanol–water partition coefficient (Wildman–Crippen LogP) is 28.4. The number of fused-ring (bicyclic) bond motifs is 30. The van der Waals surface area contributed by atoms with Crippen LogP contribution in [-0.4, -0.2) is 13.7 Å². The fraction of sp³-hybridized carbons (Fsp3) is 0.0909. The van der Waals surface area contributed by atoms with Crippen LogP contribution < -0.4 is 0 Å². The zero-order valence-electron chi connectivity index (χ0n) is 59.0. The van der Waals surface area contributed by atoms with Gasteiger partial charge < -0.3 is 13.7 Å². The second-order valence-electron chi connectivity index (χ2n) is 30.6. The highest BCUT2D eigenvalue weighted by atomic mass is 32.1. The van der Waals surface area contributed by atoms with Crippen molar-refractivity contribution in [2.75, 3.05) is 0 Å². The van der Waals surface area contributed by atoms with Crippen molar-refractivity contribution in [1.82, 2.24) is 13.7 Å². The van der Waals surface area contributed by atoms with Crippen molar-refractivity contribution >= 4 is 160 Å². The average molecular weight is 1400 g/mol. The number of para-hydroxylation sites is 3. The lowest BCUT2D eigenvalue weighted by Crippen LogP contribution is -2.15. The Balaban J connectivity index is 0.0000000986. The molecule has 0 unspecified atom stereocenters. The minimum absolute atomic E-state index is 0.00216. The smallest absolute Gasteiger partial charge is 0.0622 e. The molecule has 0 atom stereocenters. The molecule has 3 aliphatic carbocycles. The maximum Gasteiger partial charge on any atom is 0.0622 e. The Morgan fingerprint density at radius 2 is 0.581 bits per heavy atom. The third kappa shape index (κ3) is 8.53. The van der Waals surface area contributed by atoms with Crippen LogP contribution in [0.2, 0.25) is 0 Å². The summed E-state index contributed by atoms with van der Waals surface area (Å²) in [5, 5.41) is 16.1. The van der Waals surface area contributed by atoms with E-state index in [4.69, 9.17) is 0 Å². The molecule has 0 bridgehead atoms. The molecular weight excluding hydrogens is 1330 g/mol. The van der Waals surface area contributed by atoms with Gasteiger partial charge in [-0.15, -0.1) is 34.0 Å². The summed E-state index contributed by atoms with van der Waals surface area (Å²) in [4.78, 5) is 0. The van der Waals surface area contributed by atoms with Crippen molar-refractivity contribution in [3.05, 3.63) is 343 Å². The van der Waals surface area contributed by atoms with E-state index in [1.807, 2.05) is 34.0 Å². The maximum absolute atomic E-state index is 2.51. The molecule has 0 amide bonds. The number of rotatable bonds is 3. The molecule has 0 N–H and O–H groups in total. The van der Waals surface area contributed by atoms with Crippen LogP contribution in [0.5, 0.6) is 0 Å². The molecule has 6 heteroatoms. The van der Waals surface area contributed by atoms with E-state index in [-0.39, 0.29) is 16.2 Å². The Kier molecular flexibility index (Phi) is 12.9. The summed E-state index contributed by atoms with van der Waals surface area (Å²) < 4.78 is 15.5. The number of nitrogens with zero attached hydrogens (tertiary/aromatic N) is 3. The van der Waals surface area contributed by atoms with Gasteiger partial charge in [-0.3, -0.25) is 0 Å². The van der Waals surface area contributed by atoms with Gasteiger partial charge in [0, 0.05) is 132 Å². The number of thiophene rings is 3. The van der Waals surface area contributed by atoms with E-state index in [9.17, 15) is 0 Å². The van der Waals surface area contributed by atoms with Crippen molar-refractivity contribution in [2.45, 2.75) is 57.8 Å². The van der Waals surface area contributed by atoms with Gasteiger partial charge in [-0.1, -0.05) is 248 Å². The molecule has 15 aromatic carbocycles. The summed E-state index contributed by atoms with van der Waals surface area (Å²) >= 11 is 5.62. The highest BCUT2D eigenvalue weighted by Gasteiger charge is 2.41. The monoisotopic (exact) mass is 1400 g/mol. The first-order valence-corrected chi connectivity index (χ1v) is 39.1.